The predicted molar refractivity (Wildman–Crippen MR) is 77.0 cm³/mol. The van der Waals surface area contributed by atoms with E-state index in [1.807, 2.05) is 20.8 Å². The van der Waals surface area contributed by atoms with E-state index in [4.69, 9.17) is 14.6 Å². The molecule has 1 rings (SSSR count). The number of amides is 1. The highest BCUT2D eigenvalue weighted by atomic mass is 16.5. The molecule has 1 amide bonds. The molecule has 20 heavy (non-hydrogen) atoms. The molecule has 2 unspecified atom stereocenters. The number of aliphatic hydroxyl groups excluding tert-OH is 1. The summed E-state index contributed by atoms with van der Waals surface area (Å²) >= 11 is 0. The van der Waals surface area contributed by atoms with E-state index >= 15 is 0 Å². The predicted octanol–water partition coefficient (Wildman–Crippen LogP) is 1.60. The van der Waals surface area contributed by atoms with Crippen molar-refractivity contribution in [3.8, 4) is 11.5 Å². The number of aliphatic hydroxyl groups is 1. The summed E-state index contributed by atoms with van der Waals surface area (Å²) in [6.45, 7) is 6.26. The Balaban J connectivity index is 2.37. The third kappa shape index (κ3) is 5.48. The van der Waals surface area contributed by atoms with Crippen LogP contribution in [0.1, 0.15) is 20.8 Å². The lowest BCUT2D eigenvalue weighted by molar-refractivity contribution is -0.124. The van der Waals surface area contributed by atoms with Gasteiger partial charge in [-0.15, -0.1) is 0 Å². The van der Waals surface area contributed by atoms with Gasteiger partial charge in [-0.05, 0) is 44.0 Å². The van der Waals surface area contributed by atoms with Crippen LogP contribution in [0.3, 0.4) is 0 Å². The third-order valence-corrected chi connectivity index (χ3v) is 3.03. The second-order valence-corrected chi connectivity index (χ2v) is 4.71. The first kappa shape index (κ1) is 16.3. The molecule has 5 nitrogen and oxygen atoms in total. The molecule has 0 spiro atoms. The molecule has 0 saturated heterocycles. The Morgan fingerprint density at radius 3 is 2.25 bits per heavy atom. The van der Waals surface area contributed by atoms with Gasteiger partial charge in [0.2, 0.25) is 0 Å². The number of nitrogens with one attached hydrogen (secondary N) is 1. The Bertz CT molecular complexity index is 405. The quantitative estimate of drug-likeness (QED) is 0.759. The first-order valence-corrected chi connectivity index (χ1v) is 6.82. The minimum atomic E-state index is -0.202. The van der Waals surface area contributed by atoms with Crippen molar-refractivity contribution in [1.82, 2.24) is 5.32 Å². The van der Waals surface area contributed by atoms with Crippen molar-refractivity contribution in [2.45, 2.75) is 26.8 Å². The van der Waals surface area contributed by atoms with Gasteiger partial charge in [-0.2, -0.15) is 0 Å². The maximum absolute atomic E-state index is 11.7. The summed E-state index contributed by atoms with van der Waals surface area (Å²) in [7, 11) is 0. The smallest absolute Gasteiger partial charge is 0.258 e. The summed E-state index contributed by atoms with van der Waals surface area (Å²) in [5, 5.41) is 11.8. The maximum atomic E-state index is 11.7. The van der Waals surface area contributed by atoms with Crippen molar-refractivity contribution in [1.29, 1.82) is 0 Å². The molecule has 0 aliphatic heterocycles. The van der Waals surface area contributed by atoms with Gasteiger partial charge in [0.1, 0.15) is 11.5 Å². The average molecular weight is 281 g/mol. The van der Waals surface area contributed by atoms with Crippen LogP contribution >= 0.6 is 0 Å². The number of rotatable bonds is 8. The van der Waals surface area contributed by atoms with Gasteiger partial charge in [0.15, 0.2) is 6.61 Å². The van der Waals surface area contributed by atoms with E-state index in [1.54, 1.807) is 24.3 Å². The monoisotopic (exact) mass is 281 g/mol. The number of hydrogen-bond donors (Lipinski definition) is 2. The molecule has 0 saturated carbocycles. The Hall–Kier alpha value is -1.75. The summed E-state index contributed by atoms with van der Waals surface area (Å²) in [5.41, 5.74) is 0. The van der Waals surface area contributed by atoms with E-state index in [2.05, 4.69) is 5.32 Å². The van der Waals surface area contributed by atoms with Gasteiger partial charge in [-0.25, -0.2) is 0 Å². The molecule has 1 aromatic rings. The van der Waals surface area contributed by atoms with Crippen molar-refractivity contribution in [2.75, 3.05) is 19.8 Å². The van der Waals surface area contributed by atoms with E-state index < -0.39 is 0 Å². The van der Waals surface area contributed by atoms with Crippen LogP contribution in [0.15, 0.2) is 24.3 Å². The van der Waals surface area contributed by atoms with Crippen LogP contribution in [0.25, 0.3) is 0 Å². The summed E-state index contributed by atoms with van der Waals surface area (Å²) in [5.74, 6) is 1.21. The second-order valence-electron chi connectivity index (χ2n) is 4.71. The summed E-state index contributed by atoms with van der Waals surface area (Å²) < 4.78 is 10.7. The highest BCUT2D eigenvalue weighted by Crippen LogP contribution is 2.17. The van der Waals surface area contributed by atoms with Crippen LogP contribution in [-0.2, 0) is 4.79 Å². The molecule has 0 aliphatic rings. The first-order chi connectivity index (χ1) is 9.56. The fourth-order valence-corrected chi connectivity index (χ4v) is 1.54. The van der Waals surface area contributed by atoms with Gasteiger partial charge < -0.3 is 19.9 Å². The van der Waals surface area contributed by atoms with E-state index in [9.17, 15) is 4.79 Å². The zero-order valence-corrected chi connectivity index (χ0v) is 12.3. The van der Waals surface area contributed by atoms with E-state index in [0.29, 0.717) is 12.4 Å². The lowest BCUT2D eigenvalue weighted by Crippen LogP contribution is -2.40. The number of ether oxygens (including phenoxy) is 2. The number of carbonyl (C=O) groups excluding carboxylic acids is 1. The Morgan fingerprint density at radius 1 is 1.20 bits per heavy atom. The average Bonchev–Trinajstić information content (AvgIpc) is 2.46. The molecule has 0 aliphatic carbocycles. The fraction of sp³-hybridized carbons (Fsp3) is 0.533. The topological polar surface area (TPSA) is 67.8 Å². The zero-order valence-electron chi connectivity index (χ0n) is 12.3. The second kappa shape index (κ2) is 8.43. The highest BCUT2D eigenvalue weighted by Gasteiger charge is 2.14. The normalized spacial score (nSPS) is 13.4. The molecule has 2 atom stereocenters. The van der Waals surface area contributed by atoms with Crippen LogP contribution in [0.4, 0.5) is 0 Å². The van der Waals surface area contributed by atoms with Crippen LogP contribution in [0.5, 0.6) is 11.5 Å². The van der Waals surface area contributed by atoms with Crippen molar-refractivity contribution < 1.29 is 19.4 Å². The number of hydrogen-bond acceptors (Lipinski definition) is 4. The molecule has 2 N–H and O–H groups in total. The van der Waals surface area contributed by atoms with Crippen molar-refractivity contribution in [3.05, 3.63) is 24.3 Å². The maximum Gasteiger partial charge on any atom is 0.258 e. The first-order valence-electron chi connectivity index (χ1n) is 6.82. The zero-order chi connectivity index (χ0) is 15.0. The molecule has 0 radical (unpaired) electrons. The minimum absolute atomic E-state index is 0.0180. The molecule has 0 fully saturated rings. The van der Waals surface area contributed by atoms with Crippen LogP contribution in [0.2, 0.25) is 0 Å². The highest BCUT2D eigenvalue weighted by molar-refractivity contribution is 5.77. The molecule has 1 aromatic carbocycles. The van der Waals surface area contributed by atoms with Gasteiger partial charge in [-0.3, -0.25) is 4.79 Å². The van der Waals surface area contributed by atoms with Gasteiger partial charge in [0.25, 0.3) is 5.91 Å². The van der Waals surface area contributed by atoms with Gasteiger partial charge in [0, 0.05) is 12.6 Å². The SMILES string of the molecule is CCOc1ccc(OCC(=O)NC(C)C(C)CO)cc1. The molecular weight excluding hydrogens is 258 g/mol. The lowest BCUT2D eigenvalue weighted by atomic mass is 10.1. The third-order valence-electron chi connectivity index (χ3n) is 3.03. The van der Waals surface area contributed by atoms with Gasteiger partial charge >= 0.3 is 0 Å². The summed E-state index contributed by atoms with van der Waals surface area (Å²) in [4.78, 5) is 11.7. The molecule has 0 aromatic heterocycles. The van der Waals surface area contributed by atoms with Crippen molar-refractivity contribution in [3.63, 3.8) is 0 Å². The van der Waals surface area contributed by atoms with Gasteiger partial charge in [-0.1, -0.05) is 6.92 Å². The van der Waals surface area contributed by atoms with E-state index in [0.717, 1.165) is 5.75 Å². The standard InChI is InChI=1S/C15H23NO4/c1-4-19-13-5-7-14(8-6-13)20-10-15(18)16-12(3)11(2)9-17/h5-8,11-12,17H,4,9-10H2,1-3H3,(H,16,18). The molecule has 0 heterocycles. The summed E-state index contributed by atoms with van der Waals surface area (Å²) in [6.07, 6.45) is 0. The van der Waals surface area contributed by atoms with E-state index in [-0.39, 0.29) is 31.1 Å². The summed E-state index contributed by atoms with van der Waals surface area (Å²) in [6, 6.07) is 7.03. The van der Waals surface area contributed by atoms with Gasteiger partial charge in [0.05, 0.1) is 6.61 Å². The van der Waals surface area contributed by atoms with Crippen molar-refractivity contribution in [2.24, 2.45) is 5.92 Å². The van der Waals surface area contributed by atoms with E-state index in [1.165, 1.54) is 0 Å². The Morgan fingerprint density at radius 2 is 1.75 bits per heavy atom. The number of benzene rings is 1. The van der Waals surface area contributed by atoms with Crippen LogP contribution < -0.4 is 14.8 Å². The minimum Gasteiger partial charge on any atom is -0.494 e. The molecule has 0 bridgehead atoms. The largest absolute Gasteiger partial charge is 0.494 e. The Kier molecular flexibility index (Phi) is 6.87. The molecule has 5 heteroatoms. The molecular formula is C15H23NO4. The van der Waals surface area contributed by atoms with Crippen LogP contribution in [-0.4, -0.2) is 36.9 Å². The lowest BCUT2D eigenvalue weighted by Gasteiger charge is -2.19. The number of carbonyl (C=O) groups is 1. The Labute approximate surface area is 119 Å². The molecule has 112 valence electrons. The fourth-order valence-electron chi connectivity index (χ4n) is 1.54. The van der Waals surface area contributed by atoms with Crippen LogP contribution in [0, 0.1) is 5.92 Å². The van der Waals surface area contributed by atoms with Crippen molar-refractivity contribution >= 4 is 5.91 Å².